The standard InChI is InChI=1S/C16H19ClFN3O3S/c1-4-6-13(16(23)24-9(3)5-2)25-14-7-10(15(22)20-21-19)12(18)8-11(14)17/h7-9,13H,4-6H2,1-3H3. The first-order valence-corrected chi connectivity index (χ1v) is 9.05. The van der Waals surface area contributed by atoms with Gasteiger partial charge in [0.1, 0.15) is 11.1 Å². The van der Waals surface area contributed by atoms with E-state index in [0.717, 1.165) is 24.2 Å². The second-order valence-electron chi connectivity index (χ2n) is 5.31. The van der Waals surface area contributed by atoms with Crippen molar-refractivity contribution >= 4 is 35.2 Å². The lowest BCUT2D eigenvalue weighted by molar-refractivity contribution is -0.147. The number of hydrogen-bond acceptors (Lipinski definition) is 4. The van der Waals surface area contributed by atoms with Gasteiger partial charge in [-0.3, -0.25) is 9.59 Å². The van der Waals surface area contributed by atoms with Gasteiger partial charge in [0.25, 0.3) is 5.91 Å². The van der Waals surface area contributed by atoms with Gasteiger partial charge in [-0.05, 0) is 42.5 Å². The minimum Gasteiger partial charge on any atom is -0.462 e. The van der Waals surface area contributed by atoms with Crippen LogP contribution in [-0.2, 0) is 9.53 Å². The van der Waals surface area contributed by atoms with Gasteiger partial charge in [-0.2, -0.15) is 0 Å². The van der Waals surface area contributed by atoms with E-state index in [1.54, 1.807) is 6.92 Å². The van der Waals surface area contributed by atoms with Crippen LogP contribution in [0.3, 0.4) is 0 Å². The second kappa shape index (κ2) is 10.3. The zero-order valence-electron chi connectivity index (χ0n) is 14.2. The molecule has 2 unspecified atom stereocenters. The molecule has 0 saturated carbocycles. The first kappa shape index (κ1) is 21.3. The largest absolute Gasteiger partial charge is 0.462 e. The number of amides is 1. The Morgan fingerprint density at radius 3 is 2.68 bits per heavy atom. The maximum Gasteiger partial charge on any atom is 0.319 e. The quantitative estimate of drug-likeness (QED) is 0.192. The van der Waals surface area contributed by atoms with Gasteiger partial charge in [0, 0.05) is 9.81 Å². The van der Waals surface area contributed by atoms with Gasteiger partial charge in [0.15, 0.2) is 0 Å². The number of esters is 1. The summed E-state index contributed by atoms with van der Waals surface area (Å²) in [7, 11) is 0. The number of benzene rings is 1. The van der Waals surface area contributed by atoms with Gasteiger partial charge in [-0.1, -0.05) is 31.9 Å². The maximum atomic E-state index is 13.9. The van der Waals surface area contributed by atoms with E-state index in [9.17, 15) is 14.0 Å². The van der Waals surface area contributed by atoms with Crippen molar-refractivity contribution in [2.24, 2.45) is 5.11 Å². The molecule has 1 rings (SSSR count). The molecule has 0 spiro atoms. The fourth-order valence-corrected chi connectivity index (χ4v) is 3.33. The van der Waals surface area contributed by atoms with Crippen LogP contribution in [0.5, 0.6) is 0 Å². The SMILES string of the molecule is CCCC(Sc1cc(C(=O)N=[N+]=[N-])c(F)cc1Cl)C(=O)OC(C)CC. The van der Waals surface area contributed by atoms with Crippen molar-refractivity contribution in [2.75, 3.05) is 0 Å². The third kappa shape index (κ3) is 6.23. The monoisotopic (exact) mass is 387 g/mol. The highest BCUT2D eigenvalue weighted by molar-refractivity contribution is 8.00. The highest BCUT2D eigenvalue weighted by Crippen LogP contribution is 2.35. The summed E-state index contributed by atoms with van der Waals surface area (Å²) in [6, 6.07) is 2.16. The van der Waals surface area contributed by atoms with E-state index in [1.165, 1.54) is 6.07 Å². The molecule has 0 saturated heterocycles. The molecule has 136 valence electrons. The van der Waals surface area contributed by atoms with Crippen LogP contribution in [0.15, 0.2) is 22.1 Å². The van der Waals surface area contributed by atoms with Crippen molar-refractivity contribution < 1.29 is 18.7 Å². The smallest absolute Gasteiger partial charge is 0.319 e. The van der Waals surface area contributed by atoms with E-state index in [2.05, 4.69) is 10.0 Å². The Labute approximate surface area is 154 Å². The number of rotatable bonds is 8. The summed E-state index contributed by atoms with van der Waals surface area (Å²) < 4.78 is 19.2. The molecule has 1 aromatic carbocycles. The van der Waals surface area contributed by atoms with Crippen LogP contribution in [0, 0.1) is 5.82 Å². The van der Waals surface area contributed by atoms with Crippen molar-refractivity contribution in [1.29, 1.82) is 0 Å². The van der Waals surface area contributed by atoms with Crippen molar-refractivity contribution in [2.45, 2.75) is 56.3 Å². The summed E-state index contributed by atoms with van der Waals surface area (Å²) >= 11 is 7.14. The Hall–Kier alpha value is -1.76. The fraction of sp³-hybridized carbons (Fsp3) is 0.500. The van der Waals surface area contributed by atoms with Gasteiger partial charge in [-0.15, -0.1) is 11.8 Å². The summed E-state index contributed by atoms with van der Waals surface area (Å²) in [5, 5.41) is 2.41. The molecule has 1 aromatic rings. The highest BCUT2D eigenvalue weighted by atomic mass is 35.5. The van der Waals surface area contributed by atoms with E-state index in [-0.39, 0.29) is 17.1 Å². The average Bonchev–Trinajstić information content (AvgIpc) is 2.56. The molecule has 0 radical (unpaired) electrons. The van der Waals surface area contributed by atoms with Gasteiger partial charge < -0.3 is 4.74 Å². The third-order valence-corrected chi connectivity index (χ3v) is 5.09. The number of azide groups is 1. The lowest BCUT2D eigenvalue weighted by atomic mass is 10.2. The minimum absolute atomic E-state index is 0.0671. The van der Waals surface area contributed by atoms with E-state index >= 15 is 0 Å². The summed E-state index contributed by atoms with van der Waals surface area (Å²) in [4.78, 5) is 26.7. The van der Waals surface area contributed by atoms with Crippen molar-refractivity contribution in [3.63, 3.8) is 0 Å². The van der Waals surface area contributed by atoms with Crippen molar-refractivity contribution in [3.05, 3.63) is 39.0 Å². The molecule has 0 bridgehead atoms. The Morgan fingerprint density at radius 2 is 2.12 bits per heavy atom. The number of halogens is 2. The van der Waals surface area contributed by atoms with E-state index in [0.29, 0.717) is 17.7 Å². The molecule has 1 amide bonds. The van der Waals surface area contributed by atoms with Crippen LogP contribution < -0.4 is 0 Å². The molecule has 9 heteroatoms. The normalized spacial score (nSPS) is 12.8. The lowest BCUT2D eigenvalue weighted by Crippen LogP contribution is -2.24. The second-order valence-corrected chi connectivity index (χ2v) is 6.96. The molecule has 0 aromatic heterocycles. The Balaban J connectivity index is 3.11. The van der Waals surface area contributed by atoms with Crippen molar-refractivity contribution in [3.8, 4) is 0 Å². The fourth-order valence-electron chi connectivity index (χ4n) is 1.88. The van der Waals surface area contributed by atoms with Crippen molar-refractivity contribution in [1.82, 2.24) is 0 Å². The molecule has 0 fully saturated rings. The minimum atomic E-state index is -1.05. The molecule has 0 aliphatic heterocycles. The predicted octanol–water partition coefficient (Wildman–Crippen LogP) is 5.53. The van der Waals surface area contributed by atoms with E-state index in [1.807, 2.05) is 13.8 Å². The highest BCUT2D eigenvalue weighted by Gasteiger charge is 2.24. The number of carbonyl (C=O) groups excluding carboxylic acids is 2. The molecular formula is C16H19ClFN3O3S. The maximum absolute atomic E-state index is 13.9. The van der Waals surface area contributed by atoms with Gasteiger partial charge >= 0.3 is 5.97 Å². The first-order valence-electron chi connectivity index (χ1n) is 7.79. The van der Waals surface area contributed by atoms with E-state index < -0.39 is 22.5 Å². The molecule has 0 aliphatic carbocycles. The summed E-state index contributed by atoms with van der Waals surface area (Å²) in [5.74, 6) is -2.32. The van der Waals surface area contributed by atoms with Crippen LogP contribution in [0.25, 0.3) is 10.4 Å². The number of carbonyl (C=O) groups is 2. The number of ether oxygens (including phenoxy) is 1. The Morgan fingerprint density at radius 1 is 1.44 bits per heavy atom. The molecule has 2 atom stereocenters. The zero-order valence-corrected chi connectivity index (χ0v) is 15.7. The molecule has 25 heavy (non-hydrogen) atoms. The van der Waals surface area contributed by atoms with Crippen LogP contribution in [-0.4, -0.2) is 23.2 Å². The summed E-state index contributed by atoms with van der Waals surface area (Å²) in [6.45, 7) is 5.63. The van der Waals surface area contributed by atoms with Gasteiger partial charge in [0.05, 0.1) is 16.7 Å². The van der Waals surface area contributed by atoms with Gasteiger partial charge in [-0.25, -0.2) is 4.39 Å². The van der Waals surface area contributed by atoms with E-state index in [4.69, 9.17) is 21.9 Å². The van der Waals surface area contributed by atoms with Crippen LogP contribution >= 0.6 is 23.4 Å². The molecule has 0 aliphatic rings. The van der Waals surface area contributed by atoms with Crippen LogP contribution in [0.2, 0.25) is 5.02 Å². The number of thioether (sulfide) groups is 1. The lowest BCUT2D eigenvalue weighted by Gasteiger charge is -2.19. The summed E-state index contributed by atoms with van der Waals surface area (Å²) in [5.41, 5.74) is 7.94. The zero-order chi connectivity index (χ0) is 19.0. The number of nitrogens with zero attached hydrogens (tertiary/aromatic N) is 3. The predicted molar refractivity (Wildman–Crippen MR) is 95.3 cm³/mol. The third-order valence-electron chi connectivity index (χ3n) is 3.36. The average molecular weight is 388 g/mol. The molecule has 0 heterocycles. The number of hydrogen-bond donors (Lipinski definition) is 0. The summed E-state index contributed by atoms with van der Waals surface area (Å²) in [6.07, 6.45) is 1.75. The Kier molecular flexibility index (Phi) is 8.75. The molecule has 6 nitrogen and oxygen atoms in total. The molecule has 0 N–H and O–H groups in total. The first-order chi connectivity index (χ1) is 11.8. The van der Waals surface area contributed by atoms with Crippen LogP contribution in [0.1, 0.15) is 50.4 Å². The molecular weight excluding hydrogens is 369 g/mol. The van der Waals surface area contributed by atoms with Gasteiger partial charge in [0.2, 0.25) is 0 Å². The topological polar surface area (TPSA) is 92.1 Å². The van der Waals surface area contributed by atoms with Crippen LogP contribution in [0.4, 0.5) is 4.39 Å². The Bertz CT molecular complexity index is 695.